The van der Waals surface area contributed by atoms with Gasteiger partial charge in [0.15, 0.2) is 5.58 Å². The number of hydrogen-bond donors (Lipinski definition) is 2. The van der Waals surface area contributed by atoms with Crippen LogP contribution in [0.4, 0.5) is 10.5 Å². The van der Waals surface area contributed by atoms with Crippen LogP contribution in [0.5, 0.6) is 0 Å². The van der Waals surface area contributed by atoms with Gasteiger partial charge in [0.05, 0.1) is 5.52 Å². The molecule has 6 nitrogen and oxygen atoms in total. The standard InChI is InChI=1S/C10H11N3O3/c1-11-9(14)12-6-3-4-7-8(5-6)16-10(15)13(7)2/h3-5H,1-2H3,(H2,11,12,14). The molecule has 1 aromatic heterocycles. The van der Waals surface area contributed by atoms with E-state index in [-0.39, 0.29) is 6.03 Å². The summed E-state index contributed by atoms with van der Waals surface area (Å²) in [5.41, 5.74) is 1.70. The zero-order chi connectivity index (χ0) is 11.7. The van der Waals surface area contributed by atoms with E-state index in [1.807, 2.05) is 0 Å². The number of rotatable bonds is 1. The highest BCUT2D eigenvalue weighted by Gasteiger charge is 2.07. The van der Waals surface area contributed by atoms with Crippen LogP contribution in [-0.4, -0.2) is 17.6 Å². The first-order chi connectivity index (χ1) is 7.61. The summed E-state index contributed by atoms with van der Waals surface area (Å²) in [5, 5.41) is 5.02. The van der Waals surface area contributed by atoms with Gasteiger partial charge in [-0.1, -0.05) is 0 Å². The van der Waals surface area contributed by atoms with Gasteiger partial charge in [0, 0.05) is 25.8 Å². The maximum absolute atomic E-state index is 11.2. The topological polar surface area (TPSA) is 76.3 Å². The molecule has 2 aromatic rings. The van der Waals surface area contributed by atoms with Crippen molar-refractivity contribution in [1.29, 1.82) is 0 Å². The van der Waals surface area contributed by atoms with Crippen molar-refractivity contribution in [2.24, 2.45) is 7.05 Å². The molecule has 0 saturated heterocycles. The van der Waals surface area contributed by atoms with Gasteiger partial charge in [0.1, 0.15) is 0 Å². The molecule has 1 heterocycles. The second kappa shape index (κ2) is 3.73. The van der Waals surface area contributed by atoms with Crippen LogP contribution in [0.2, 0.25) is 0 Å². The lowest BCUT2D eigenvalue weighted by Gasteiger charge is -2.03. The number of aryl methyl sites for hydroxylation is 1. The van der Waals surface area contributed by atoms with Gasteiger partial charge < -0.3 is 15.1 Å². The summed E-state index contributed by atoms with van der Waals surface area (Å²) in [5.74, 6) is -0.424. The normalized spacial score (nSPS) is 10.4. The fourth-order valence-corrected chi connectivity index (χ4v) is 1.41. The Bertz CT molecular complexity index is 597. The number of carbonyl (C=O) groups is 1. The molecule has 0 radical (unpaired) electrons. The number of urea groups is 1. The summed E-state index contributed by atoms with van der Waals surface area (Å²) in [6, 6.07) is 4.70. The Labute approximate surface area is 90.9 Å². The van der Waals surface area contributed by atoms with Gasteiger partial charge in [0.2, 0.25) is 0 Å². The molecule has 0 fully saturated rings. The second-order valence-corrected chi connectivity index (χ2v) is 3.31. The van der Waals surface area contributed by atoms with Crippen molar-refractivity contribution in [3.63, 3.8) is 0 Å². The van der Waals surface area contributed by atoms with E-state index in [0.29, 0.717) is 16.8 Å². The van der Waals surface area contributed by atoms with Crippen molar-refractivity contribution in [3.8, 4) is 0 Å². The molecule has 0 aliphatic heterocycles. The molecular formula is C10H11N3O3. The molecule has 16 heavy (non-hydrogen) atoms. The molecule has 0 aliphatic carbocycles. The van der Waals surface area contributed by atoms with Gasteiger partial charge in [-0.3, -0.25) is 4.57 Å². The third-order valence-electron chi connectivity index (χ3n) is 2.28. The number of hydrogen-bond acceptors (Lipinski definition) is 3. The van der Waals surface area contributed by atoms with E-state index in [1.165, 1.54) is 11.6 Å². The third kappa shape index (κ3) is 1.65. The van der Waals surface area contributed by atoms with E-state index >= 15 is 0 Å². The quantitative estimate of drug-likeness (QED) is 0.750. The molecule has 6 heteroatoms. The summed E-state index contributed by atoms with van der Waals surface area (Å²) in [6.07, 6.45) is 0. The molecule has 2 amide bonds. The monoisotopic (exact) mass is 221 g/mol. The minimum atomic E-state index is -0.424. The van der Waals surface area contributed by atoms with Crippen LogP contribution < -0.4 is 16.4 Å². The molecular weight excluding hydrogens is 210 g/mol. The Morgan fingerprint density at radius 1 is 1.44 bits per heavy atom. The lowest BCUT2D eigenvalue weighted by atomic mass is 10.3. The van der Waals surface area contributed by atoms with Crippen molar-refractivity contribution in [3.05, 3.63) is 28.7 Å². The number of fused-ring (bicyclic) bond motifs is 1. The largest absolute Gasteiger partial charge is 0.419 e. The summed E-state index contributed by atoms with van der Waals surface area (Å²) in [4.78, 5) is 22.3. The number of benzene rings is 1. The van der Waals surface area contributed by atoms with Crippen LogP contribution in [-0.2, 0) is 7.05 Å². The molecule has 0 saturated carbocycles. The molecule has 0 spiro atoms. The van der Waals surface area contributed by atoms with Crippen LogP contribution in [0.3, 0.4) is 0 Å². The lowest BCUT2D eigenvalue weighted by Crippen LogP contribution is -2.24. The van der Waals surface area contributed by atoms with Gasteiger partial charge in [-0.2, -0.15) is 0 Å². The SMILES string of the molecule is CNC(=O)Nc1ccc2c(c1)oc(=O)n2C. The minimum Gasteiger partial charge on any atom is -0.408 e. The van der Waals surface area contributed by atoms with Crippen molar-refractivity contribution in [2.45, 2.75) is 0 Å². The van der Waals surface area contributed by atoms with Crippen LogP contribution in [0.15, 0.2) is 27.4 Å². The van der Waals surface area contributed by atoms with E-state index in [4.69, 9.17) is 4.42 Å². The first-order valence-corrected chi connectivity index (χ1v) is 4.70. The summed E-state index contributed by atoms with van der Waals surface area (Å²) < 4.78 is 6.39. The fraction of sp³-hybridized carbons (Fsp3) is 0.200. The maximum Gasteiger partial charge on any atom is 0.419 e. The third-order valence-corrected chi connectivity index (χ3v) is 2.28. The summed E-state index contributed by atoms with van der Waals surface area (Å²) in [7, 11) is 3.15. The summed E-state index contributed by atoms with van der Waals surface area (Å²) >= 11 is 0. The first-order valence-electron chi connectivity index (χ1n) is 4.70. The van der Waals surface area contributed by atoms with Gasteiger partial charge in [0.25, 0.3) is 0 Å². The van der Waals surface area contributed by atoms with E-state index in [0.717, 1.165) is 0 Å². The molecule has 1 aromatic carbocycles. The summed E-state index contributed by atoms with van der Waals surface area (Å²) in [6.45, 7) is 0. The van der Waals surface area contributed by atoms with Crippen LogP contribution in [0.25, 0.3) is 11.1 Å². The maximum atomic E-state index is 11.2. The van der Waals surface area contributed by atoms with Gasteiger partial charge in [-0.05, 0) is 12.1 Å². The number of oxazole rings is 1. The predicted octanol–water partition coefficient (Wildman–Crippen LogP) is 0.883. The van der Waals surface area contributed by atoms with Gasteiger partial charge >= 0.3 is 11.8 Å². The number of nitrogens with one attached hydrogen (secondary N) is 2. The highest BCUT2D eigenvalue weighted by molar-refractivity contribution is 5.91. The molecule has 2 N–H and O–H groups in total. The molecule has 0 bridgehead atoms. The average Bonchev–Trinajstić information content (AvgIpc) is 2.54. The lowest BCUT2D eigenvalue weighted by molar-refractivity contribution is 0.254. The molecule has 0 atom stereocenters. The van der Waals surface area contributed by atoms with Crippen LogP contribution in [0.1, 0.15) is 0 Å². The van der Waals surface area contributed by atoms with E-state index in [1.54, 1.807) is 25.2 Å². The van der Waals surface area contributed by atoms with Crippen molar-refractivity contribution in [1.82, 2.24) is 9.88 Å². The number of anilines is 1. The van der Waals surface area contributed by atoms with Gasteiger partial charge in [-0.15, -0.1) is 0 Å². The first kappa shape index (κ1) is 10.3. The predicted molar refractivity (Wildman–Crippen MR) is 59.5 cm³/mol. The molecule has 0 unspecified atom stereocenters. The Morgan fingerprint density at radius 2 is 2.19 bits per heavy atom. The zero-order valence-corrected chi connectivity index (χ0v) is 8.90. The van der Waals surface area contributed by atoms with E-state index in [2.05, 4.69) is 10.6 Å². The average molecular weight is 221 g/mol. The Balaban J connectivity index is 2.45. The molecule has 84 valence electrons. The van der Waals surface area contributed by atoms with Crippen molar-refractivity contribution in [2.75, 3.05) is 12.4 Å². The molecule has 2 rings (SSSR count). The zero-order valence-electron chi connectivity index (χ0n) is 8.90. The van der Waals surface area contributed by atoms with Crippen molar-refractivity contribution < 1.29 is 9.21 Å². The number of carbonyl (C=O) groups excluding carboxylic acids is 1. The minimum absolute atomic E-state index is 0.322. The second-order valence-electron chi connectivity index (χ2n) is 3.31. The Hall–Kier alpha value is -2.24. The Morgan fingerprint density at radius 3 is 2.88 bits per heavy atom. The van der Waals surface area contributed by atoms with E-state index < -0.39 is 5.76 Å². The van der Waals surface area contributed by atoms with E-state index in [9.17, 15) is 9.59 Å². The fourth-order valence-electron chi connectivity index (χ4n) is 1.41. The van der Waals surface area contributed by atoms with Crippen LogP contribution in [0, 0.1) is 0 Å². The number of amides is 2. The molecule has 0 aliphatic rings. The number of nitrogens with zero attached hydrogens (tertiary/aromatic N) is 1. The number of aromatic nitrogens is 1. The van der Waals surface area contributed by atoms with Crippen molar-refractivity contribution >= 4 is 22.8 Å². The van der Waals surface area contributed by atoms with Crippen LogP contribution >= 0.6 is 0 Å². The highest BCUT2D eigenvalue weighted by atomic mass is 16.4. The highest BCUT2D eigenvalue weighted by Crippen LogP contribution is 2.17. The Kier molecular flexibility index (Phi) is 2.40. The van der Waals surface area contributed by atoms with Gasteiger partial charge in [-0.25, -0.2) is 9.59 Å². The smallest absolute Gasteiger partial charge is 0.408 e.